The summed E-state index contributed by atoms with van der Waals surface area (Å²) in [5.74, 6) is 1.53. The van der Waals surface area contributed by atoms with Gasteiger partial charge in [-0.1, -0.05) is 12.8 Å². The Bertz CT molecular complexity index is 506. The number of nitrogens with zero attached hydrogens (tertiary/aromatic N) is 2. The lowest BCUT2D eigenvalue weighted by Crippen LogP contribution is -2.30. The first-order valence-corrected chi connectivity index (χ1v) is 9.30. The average molecular weight is 334 g/mol. The number of hydrogen-bond donors (Lipinski definition) is 3. The maximum absolute atomic E-state index is 9.95. The predicted octanol–water partition coefficient (Wildman–Crippen LogP) is 2.95. The second-order valence-electron chi connectivity index (χ2n) is 7.13. The lowest BCUT2D eigenvalue weighted by atomic mass is 9.93. The van der Waals surface area contributed by atoms with Crippen LogP contribution in [0.3, 0.4) is 0 Å². The van der Waals surface area contributed by atoms with E-state index in [2.05, 4.69) is 20.6 Å². The van der Waals surface area contributed by atoms with Gasteiger partial charge in [-0.3, -0.25) is 0 Å². The molecule has 24 heavy (non-hydrogen) atoms. The number of aliphatic hydroxyl groups excluding tert-OH is 1. The average Bonchev–Trinajstić information content (AvgIpc) is 2.80. The number of nitrogens with one attached hydrogen (secondary N) is 2. The molecule has 0 saturated heterocycles. The molecule has 1 aromatic heterocycles. The molecule has 6 nitrogen and oxygen atoms in total. The molecule has 2 saturated carbocycles. The fourth-order valence-corrected chi connectivity index (χ4v) is 3.81. The fraction of sp³-hybridized carbons (Fsp3) is 0.778. The van der Waals surface area contributed by atoms with Gasteiger partial charge in [0.25, 0.3) is 0 Å². The number of aromatic nitrogens is 2. The maximum atomic E-state index is 9.95. The Labute approximate surface area is 144 Å². The van der Waals surface area contributed by atoms with E-state index in [1.807, 2.05) is 6.07 Å². The predicted molar refractivity (Wildman–Crippen MR) is 95.2 cm³/mol. The van der Waals surface area contributed by atoms with E-state index in [9.17, 15) is 5.11 Å². The molecule has 0 aliphatic heterocycles. The van der Waals surface area contributed by atoms with E-state index < -0.39 is 0 Å². The van der Waals surface area contributed by atoms with E-state index >= 15 is 0 Å². The van der Waals surface area contributed by atoms with Crippen LogP contribution in [0, 0.1) is 0 Å². The summed E-state index contributed by atoms with van der Waals surface area (Å²) < 4.78 is 5.42. The first-order chi connectivity index (χ1) is 11.7. The fourth-order valence-electron chi connectivity index (χ4n) is 3.81. The molecule has 0 spiro atoms. The number of methoxy groups -OCH3 is 1. The molecule has 2 aliphatic rings. The van der Waals surface area contributed by atoms with Crippen molar-refractivity contribution in [2.75, 3.05) is 17.7 Å². The highest BCUT2D eigenvalue weighted by atomic mass is 16.5. The van der Waals surface area contributed by atoms with E-state index in [0.29, 0.717) is 24.1 Å². The molecule has 6 heteroatoms. The Kier molecular flexibility index (Phi) is 6.26. The first kappa shape index (κ1) is 17.4. The quantitative estimate of drug-likeness (QED) is 0.719. The molecule has 2 atom stereocenters. The molecule has 1 aromatic rings. The van der Waals surface area contributed by atoms with Crippen LogP contribution in [0.5, 0.6) is 0 Å². The maximum Gasteiger partial charge on any atom is 0.224 e. The third-order valence-corrected chi connectivity index (χ3v) is 5.24. The minimum absolute atomic E-state index is 0.194. The van der Waals surface area contributed by atoms with Gasteiger partial charge in [0.1, 0.15) is 5.82 Å². The minimum Gasteiger partial charge on any atom is -0.393 e. The van der Waals surface area contributed by atoms with Crippen LogP contribution in [0.25, 0.3) is 0 Å². The lowest BCUT2D eigenvalue weighted by molar-refractivity contribution is 0.0681. The van der Waals surface area contributed by atoms with Crippen LogP contribution in [-0.2, 0) is 4.74 Å². The van der Waals surface area contributed by atoms with Crippen LogP contribution in [0.1, 0.15) is 57.8 Å². The smallest absolute Gasteiger partial charge is 0.224 e. The van der Waals surface area contributed by atoms with Crippen LogP contribution in [0.4, 0.5) is 11.8 Å². The van der Waals surface area contributed by atoms with Crippen LogP contribution >= 0.6 is 0 Å². The van der Waals surface area contributed by atoms with Crippen molar-refractivity contribution in [3.05, 3.63) is 12.3 Å². The molecule has 1 heterocycles. The molecule has 0 amide bonds. The molecule has 0 unspecified atom stereocenters. The summed E-state index contributed by atoms with van der Waals surface area (Å²) in [6, 6.07) is 2.62. The Balaban J connectivity index is 1.54. The van der Waals surface area contributed by atoms with Crippen molar-refractivity contribution >= 4 is 11.8 Å². The van der Waals surface area contributed by atoms with Gasteiger partial charge >= 0.3 is 0 Å². The van der Waals surface area contributed by atoms with E-state index in [0.717, 1.165) is 63.6 Å². The van der Waals surface area contributed by atoms with Crippen molar-refractivity contribution < 1.29 is 9.84 Å². The molecule has 0 radical (unpaired) electrons. The Hall–Kier alpha value is -1.40. The number of anilines is 2. The summed E-state index contributed by atoms with van der Waals surface area (Å²) in [6.45, 7) is 0. The van der Waals surface area contributed by atoms with Crippen LogP contribution in [0.15, 0.2) is 12.3 Å². The normalized spacial score (nSPS) is 31.2. The number of ether oxygens (including phenoxy) is 1. The first-order valence-electron chi connectivity index (χ1n) is 9.30. The van der Waals surface area contributed by atoms with Gasteiger partial charge in [0, 0.05) is 25.4 Å². The van der Waals surface area contributed by atoms with E-state index in [1.165, 1.54) is 0 Å². The van der Waals surface area contributed by atoms with Crippen LogP contribution in [0.2, 0.25) is 0 Å². The summed E-state index contributed by atoms with van der Waals surface area (Å²) in [4.78, 5) is 8.97. The Morgan fingerprint density at radius 3 is 2.62 bits per heavy atom. The number of rotatable bonds is 5. The van der Waals surface area contributed by atoms with E-state index in [4.69, 9.17) is 4.74 Å². The molecule has 134 valence electrons. The zero-order chi connectivity index (χ0) is 16.8. The van der Waals surface area contributed by atoms with Crippen LogP contribution in [-0.4, -0.2) is 46.5 Å². The van der Waals surface area contributed by atoms with Crippen LogP contribution < -0.4 is 10.6 Å². The van der Waals surface area contributed by atoms with Crippen molar-refractivity contribution in [1.29, 1.82) is 0 Å². The van der Waals surface area contributed by atoms with Gasteiger partial charge in [-0.25, -0.2) is 4.98 Å². The zero-order valence-corrected chi connectivity index (χ0v) is 14.6. The molecule has 3 rings (SSSR count). The summed E-state index contributed by atoms with van der Waals surface area (Å²) >= 11 is 0. The highest BCUT2D eigenvalue weighted by molar-refractivity contribution is 5.41. The highest BCUT2D eigenvalue weighted by Gasteiger charge is 2.22. The molecule has 0 bridgehead atoms. The van der Waals surface area contributed by atoms with E-state index in [-0.39, 0.29) is 6.10 Å². The van der Waals surface area contributed by atoms with Gasteiger partial charge in [0.15, 0.2) is 0 Å². The summed E-state index contributed by atoms with van der Waals surface area (Å²) in [5, 5.41) is 16.9. The van der Waals surface area contributed by atoms with Gasteiger partial charge in [0.2, 0.25) is 5.95 Å². The second kappa shape index (κ2) is 8.62. The molecule has 3 N–H and O–H groups in total. The van der Waals surface area contributed by atoms with Gasteiger partial charge in [0.05, 0.1) is 12.2 Å². The van der Waals surface area contributed by atoms with Crippen molar-refractivity contribution in [2.24, 2.45) is 0 Å². The van der Waals surface area contributed by atoms with E-state index in [1.54, 1.807) is 13.3 Å². The second-order valence-corrected chi connectivity index (χ2v) is 7.13. The monoisotopic (exact) mass is 334 g/mol. The van der Waals surface area contributed by atoms with Gasteiger partial charge in [-0.2, -0.15) is 4.98 Å². The highest BCUT2D eigenvalue weighted by Crippen LogP contribution is 2.24. The van der Waals surface area contributed by atoms with Crippen molar-refractivity contribution in [2.45, 2.75) is 82.1 Å². The SMILES string of the molecule is COC1CCC(Nc2nccc(N[C@@H]3CCCC[C@@H](O)C3)n2)CC1. The molecular weight excluding hydrogens is 304 g/mol. The topological polar surface area (TPSA) is 79.3 Å². The molecular formula is C18H30N4O2. The summed E-state index contributed by atoms with van der Waals surface area (Å²) in [6.07, 6.45) is 11.4. The van der Waals surface area contributed by atoms with Gasteiger partial charge in [-0.05, 0) is 51.0 Å². The number of aliphatic hydroxyl groups is 1. The summed E-state index contributed by atoms with van der Waals surface area (Å²) in [7, 11) is 1.79. The van der Waals surface area contributed by atoms with Crippen molar-refractivity contribution in [1.82, 2.24) is 9.97 Å². The minimum atomic E-state index is -0.194. The van der Waals surface area contributed by atoms with Gasteiger partial charge < -0.3 is 20.5 Å². The Morgan fingerprint density at radius 1 is 1.04 bits per heavy atom. The standard InChI is InChI=1S/C18H30N4O2/c1-24-16-8-6-13(7-9-16)21-18-19-11-10-17(22-18)20-14-4-2-3-5-15(23)12-14/h10-11,13-16,23H,2-9,12H2,1H3,(H2,19,20,21,22)/t13?,14-,15-,16?/m1/s1. The summed E-state index contributed by atoms with van der Waals surface area (Å²) in [5.41, 5.74) is 0. The molecule has 2 fully saturated rings. The van der Waals surface area contributed by atoms with Crippen molar-refractivity contribution in [3.63, 3.8) is 0 Å². The lowest BCUT2D eigenvalue weighted by Gasteiger charge is -2.28. The molecule has 2 aliphatic carbocycles. The van der Waals surface area contributed by atoms with Gasteiger partial charge in [-0.15, -0.1) is 0 Å². The third-order valence-electron chi connectivity index (χ3n) is 5.24. The Morgan fingerprint density at radius 2 is 1.83 bits per heavy atom. The third kappa shape index (κ3) is 5.05. The zero-order valence-electron chi connectivity index (χ0n) is 14.6. The number of hydrogen-bond acceptors (Lipinski definition) is 6. The molecule has 0 aromatic carbocycles. The van der Waals surface area contributed by atoms with Crippen molar-refractivity contribution in [3.8, 4) is 0 Å². The largest absolute Gasteiger partial charge is 0.393 e.